The van der Waals surface area contributed by atoms with E-state index in [9.17, 15) is 4.39 Å². The van der Waals surface area contributed by atoms with Crippen LogP contribution < -0.4 is 5.90 Å². The van der Waals surface area contributed by atoms with Gasteiger partial charge in [-0.2, -0.15) is 0 Å². The predicted molar refractivity (Wildman–Crippen MR) is 44.7 cm³/mol. The number of aromatic hydroxyl groups is 1. The van der Waals surface area contributed by atoms with E-state index in [1.807, 2.05) is 0 Å². The summed E-state index contributed by atoms with van der Waals surface area (Å²) >= 11 is 3.12. The lowest BCUT2D eigenvalue weighted by Gasteiger charge is -2.05. The van der Waals surface area contributed by atoms with E-state index < -0.39 is 11.6 Å². The van der Waals surface area contributed by atoms with Crippen LogP contribution in [0.25, 0.3) is 0 Å². The Balaban J connectivity index is 3.14. The highest BCUT2D eigenvalue weighted by Crippen LogP contribution is 2.28. The molecule has 0 aliphatic rings. The van der Waals surface area contributed by atoms with Crippen molar-refractivity contribution in [2.45, 2.75) is 6.61 Å². The third kappa shape index (κ3) is 1.74. The number of hydrogen-bond donors (Lipinski definition) is 2. The molecular weight excluding hydrogens is 229 g/mol. The first-order valence-electron chi connectivity index (χ1n) is 3.14. The smallest absolute Gasteiger partial charge is 0.165 e. The average Bonchev–Trinajstić information content (AvgIpc) is 2.06. The van der Waals surface area contributed by atoms with Crippen molar-refractivity contribution in [3.05, 3.63) is 28.0 Å². The molecule has 0 unspecified atom stereocenters. The first kappa shape index (κ1) is 9.44. The summed E-state index contributed by atoms with van der Waals surface area (Å²) in [5.41, 5.74) is 0.303. The van der Waals surface area contributed by atoms with Gasteiger partial charge in [-0.15, -0.1) is 0 Å². The standard InChI is InChI=1S/C7H7BrFNO2/c8-5-1-2-6(9)7(11)4(5)3-12-10/h1-2,11H,3,10H2. The number of hydrogen-bond acceptors (Lipinski definition) is 3. The van der Waals surface area contributed by atoms with Crippen molar-refractivity contribution in [1.82, 2.24) is 0 Å². The third-order valence-corrected chi connectivity index (χ3v) is 2.15. The Labute approximate surface area is 77.0 Å². The second-order valence-corrected chi connectivity index (χ2v) is 3.02. The Kier molecular flexibility index (Phi) is 3.02. The van der Waals surface area contributed by atoms with Gasteiger partial charge in [-0.3, -0.25) is 4.84 Å². The van der Waals surface area contributed by atoms with Crippen molar-refractivity contribution in [2.24, 2.45) is 5.90 Å². The lowest BCUT2D eigenvalue weighted by molar-refractivity contribution is 0.121. The normalized spacial score (nSPS) is 10.2. The van der Waals surface area contributed by atoms with E-state index in [1.165, 1.54) is 6.07 Å². The molecule has 0 bridgehead atoms. The second-order valence-electron chi connectivity index (χ2n) is 2.17. The fourth-order valence-electron chi connectivity index (χ4n) is 0.804. The van der Waals surface area contributed by atoms with E-state index in [0.29, 0.717) is 10.0 Å². The molecule has 1 aromatic carbocycles. The molecule has 66 valence electrons. The monoisotopic (exact) mass is 235 g/mol. The van der Waals surface area contributed by atoms with Gasteiger partial charge in [-0.1, -0.05) is 15.9 Å². The van der Waals surface area contributed by atoms with Crippen molar-refractivity contribution in [3.63, 3.8) is 0 Å². The first-order valence-corrected chi connectivity index (χ1v) is 3.93. The molecule has 0 aliphatic heterocycles. The van der Waals surface area contributed by atoms with Gasteiger partial charge in [0.15, 0.2) is 11.6 Å². The fraction of sp³-hybridized carbons (Fsp3) is 0.143. The van der Waals surface area contributed by atoms with Gasteiger partial charge in [0, 0.05) is 10.0 Å². The van der Waals surface area contributed by atoms with Gasteiger partial charge in [0.2, 0.25) is 0 Å². The molecule has 12 heavy (non-hydrogen) atoms. The van der Waals surface area contributed by atoms with Crippen molar-refractivity contribution in [2.75, 3.05) is 0 Å². The van der Waals surface area contributed by atoms with Crippen LogP contribution in [0.4, 0.5) is 4.39 Å². The van der Waals surface area contributed by atoms with Gasteiger partial charge in [-0.05, 0) is 12.1 Å². The van der Waals surface area contributed by atoms with Gasteiger partial charge in [0.05, 0.1) is 6.61 Å². The summed E-state index contributed by atoms with van der Waals surface area (Å²) in [6.07, 6.45) is 0. The maximum absolute atomic E-state index is 12.7. The third-order valence-electron chi connectivity index (χ3n) is 1.40. The van der Waals surface area contributed by atoms with Crippen LogP contribution in [0.5, 0.6) is 5.75 Å². The number of phenols is 1. The molecule has 3 nitrogen and oxygen atoms in total. The zero-order valence-corrected chi connectivity index (χ0v) is 7.64. The van der Waals surface area contributed by atoms with Crippen molar-refractivity contribution in [3.8, 4) is 5.75 Å². The lowest BCUT2D eigenvalue weighted by atomic mass is 10.2. The number of halogens is 2. The number of benzene rings is 1. The molecule has 0 heterocycles. The summed E-state index contributed by atoms with van der Waals surface area (Å²) in [5, 5.41) is 9.17. The molecule has 0 amide bonds. The molecule has 0 aliphatic carbocycles. The quantitative estimate of drug-likeness (QED) is 0.768. The number of phenolic OH excluding ortho intramolecular Hbond substituents is 1. The fourth-order valence-corrected chi connectivity index (χ4v) is 1.24. The number of nitrogens with two attached hydrogens (primary N) is 1. The summed E-state index contributed by atoms with van der Waals surface area (Å²) in [5.74, 6) is 3.67. The summed E-state index contributed by atoms with van der Waals surface area (Å²) in [6.45, 7) is -0.0375. The molecule has 0 aromatic heterocycles. The number of rotatable bonds is 2. The molecule has 0 saturated heterocycles. The Morgan fingerprint density at radius 3 is 2.83 bits per heavy atom. The highest BCUT2D eigenvalue weighted by atomic mass is 79.9. The molecule has 0 fully saturated rings. The van der Waals surface area contributed by atoms with Gasteiger partial charge in [0.1, 0.15) is 0 Å². The van der Waals surface area contributed by atoms with Crippen molar-refractivity contribution >= 4 is 15.9 Å². The Morgan fingerprint density at radius 2 is 2.25 bits per heavy atom. The zero-order valence-electron chi connectivity index (χ0n) is 6.05. The maximum atomic E-state index is 12.7. The predicted octanol–water partition coefficient (Wildman–Crippen LogP) is 1.68. The summed E-state index contributed by atoms with van der Waals surface area (Å²) in [6, 6.07) is 2.63. The van der Waals surface area contributed by atoms with Crippen LogP contribution in [0.1, 0.15) is 5.56 Å². The van der Waals surface area contributed by atoms with E-state index in [1.54, 1.807) is 0 Å². The Bertz CT molecular complexity index is 293. The molecule has 3 N–H and O–H groups in total. The van der Waals surface area contributed by atoms with E-state index in [0.717, 1.165) is 6.07 Å². The average molecular weight is 236 g/mol. The minimum absolute atomic E-state index is 0.0375. The Hall–Kier alpha value is -0.650. The maximum Gasteiger partial charge on any atom is 0.165 e. The first-order chi connectivity index (χ1) is 5.66. The second kappa shape index (κ2) is 3.84. The summed E-state index contributed by atoms with van der Waals surface area (Å²) in [4.78, 5) is 4.29. The largest absolute Gasteiger partial charge is 0.505 e. The topological polar surface area (TPSA) is 55.5 Å². The van der Waals surface area contributed by atoms with E-state index in [4.69, 9.17) is 11.0 Å². The lowest BCUT2D eigenvalue weighted by Crippen LogP contribution is -2.00. The Morgan fingerprint density at radius 1 is 1.58 bits per heavy atom. The molecule has 0 atom stereocenters. The van der Waals surface area contributed by atoms with Crippen LogP contribution in [0.3, 0.4) is 0 Å². The van der Waals surface area contributed by atoms with Crippen LogP contribution in [-0.2, 0) is 11.4 Å². The SMILES string of the molecule is NOCc1c(Br)ccc(F)c1O. The van der Waals surface area contributed by atoms with Gasteiger partial charge in [0.25, 0.3) is 0 Å². The summed E-state index contributed by atoms with van der Waals surface area (Å²) < 4.78 is 13.3. The van der Waals surface area contributed by atoms with Crippen LogP contribution in [0.15, 0.2) is 16.6 Å². The van der Waals surface area contributed by atoms with E-state index >= 15 is 0 Å². The molecule has 1 rings (SSSR count). The highest BCUT2D eigenvalue weighted by Gasteiger charge is 2.10. The highest BCUT2D eigenvalue weighted by molar-refractivity contribution is 9.10. The van der Waals surface area contributed by atoms with Crippen LogP contribution in [0, 0.1) is 5.82 Å². The van der Waals surface area contributed by atoms with E-state index in [-0.39, 0.29) is 6.61 Å². The van der Waals surface area contributed by atoms with Crippen molar-refractivity contribution in [1.29, 1.82) is 0 Å². The summed E-state index contributed by atoms with van der Waals surface area (Å²) in [7, 11) is 0. The molecular formula is C7H7BrFNO2. The van der Waals surface area contributed by atoms with Crippen LogP contribution in [-0.4, -0.2) is 5.11 Å². The molecule has 5 heteroatoms. The minimum Gasteiger partial charge on any atom is -0.505 e. The van der Waals surface area contributed by atoms with Crippen LogP contribution in [0.2, 0.25) is 0 Å². The van der Waals surface area contributed by atoms with Crippen molar-refractivity contribution < 1.29 is 14.3 Å². The van der Waals surface area contributed by atoms with Gasteiger partial charge < -0.3 is 5.11 Å². The zero-order chi connectivity index (χ0) is 9.14. The molecule has 0 spiro atoms. The van der Waals surface area contributed by atoms with Gasteiger partial charge >= 0.3 is 0 Å². The minimum atomic E-state index is -0.690. The van der Waals surface area contributed by atoms with E-state index in [2.05, 4.69) is 20.8 Å². The molecule has 0 saturated carbocycles. The van der Waals surface area contributed by atoms with Crippen LogP contribution >= 0.6 is 15.9 Å². The molecule has 1 aromatic rings. The van der Waals surface area contributed by atoms with Gasteiger partial charge in [-0.25, -0.2) is 10.3 Å². The molecule has 0 radical (unpaired) electrons.